The summed E-state index contributed by atoms with van der Waals surface area (Å²) in [6.45, 7) is 0.679. The Labute approximate surface area is 222 Å². The number of carboxylic acids is 1. The van der Waals surface area contributed by atoms with Crippen molar-refractivity contribution in [3.63, 3.8) is 0 Å². The van der Waals surface area contributed by atoms with Crippen molar-refractivity contribution >= 4 is 11.9 Å². The molecule has 3 atom stereocenters. The fraction of sp³-hybridized carbons (Fsp3) is 0.517. The molecule has 1 saturated carbocycles. The second-order valence-corrected chi connectivity index (χ2v) is 11.4. The number of amides is 1. The lowest BCUT2D eigenvalue weighted by Crippen LogP contribution is -2.52. The van der Waals surface area contributed by atoms with Gasteiger partial charge in [0.25, 0.3) is 5.91 Å². The topological polar surface area (TPSA) is 57.6 Å². The smallest absolute Gasteiger partial charge is 0.426 e. The lowest BCUT2D eigenvalue weighted by Gasteiger charge is -2.38. The van der Waals surface area contributed by atoms with E-state index >= 15 is 4.39 Å². The Morgan fingerprint density at radius 3 is 2.26 bits per heavy atom. The monoisotopic (exact) mass is 553 g/mol. The summed E-state index contributed by atoms with van der Waals surface area (Å²) in [5.74, 6) is -2.91. The standard InChI is InChI=1S/C29H29F6NO3/c1-26(31,29(33,34)35)20-4-7-22-19(14-20)15-23-27(22,16-17-2-5-21(30)6-3-17)12-13-36(23)25(39)28(32)10-8-18(9-11-28)24(37)38/h2-7,14,18,23H,8-13,15-16H2,1H3,(H,37,38). The first-order chi connectivity index (χ1) is 18.2. The van der Waals surface area contributed by atoms with Gasteiger partial charge in [-0.05, 0) is 86.3 Å². The van der Waals surface area contributed by atoms with Gasteiger partial charge >= 0.3 is 12.1 Å². The zero-order valence-corrected chi connectivity index (χ0v) is 21.3. The molecule has 2 fully saturated rings. The van der Waals surface area contributed by atoms with E-state index in [2.05, 4.69) is 0 Å². The molecule has 3 aliphatic rings. The molecule has 2 aromatic carbocycles. The van der Waals surface area contributed by atoms with Crippen molar-refractivity contribution in [1.29, 1.82) is 0 Å². The number of benzene rings is 2. The normalized spacial score (nSPS) is 30.0. The third-order valence-corrected chi connectivity index (χ3v) is 9.15. The highest BCUT2D eigenvalue weighted by Crippen LogP contribution is 2.53. The quantitative estimate of drug-likeness (QED) is 0.449. The number of alkyl halides is 5. The number of hydrogen-bond acceptors (Lipinski definition) is 2. The van der Waals surface area contributed by atoms with Gasteiger partial charge in [0, 0.05) is 18.0 Å². The van der Waals surface area contributed by atoms with Crippen LogP contribution in [0.2, 0.25) is 0 Å². The zero-order valence-electron chi connectivity index (χ0n) is 21.3. The maximum absolute atomic E-state index is 16.0. The second-order valence-electron chi connectivity index (χ2n) is 11.4. The second kappa shape index (κ2) is 9.27. The van der Waals surface area contributed by atoms with Crippen molar-refractivity contribution in [2.24, 2.45) is 5.92 Å². The molecule has 0 spiro atoms. The van der Waals surface area contributed by atoms with Gasteiger partial charge in [-0.2, -0.15) is 13.2 Å². The van der Waals surface area contributed by atoms with Crippen LogP contribution in [0.4, 0.5) is 26.3 Å². The van der Waals surface area contributed by atoms with Crippen LogP contribution in [0.15, 0.2) is 42.5 Å². The van der Waals surface area contributed by atoms with Gasteiger partial charge in [-0.15, -0.1) is 0 Å². The lowest BCUT2D eigenvalue weighted by molar-refractivity contribution is -0.228. The zero-order chi connectivity index (χ0) is 28.4. The number of fused-ring (bicyclic) bond motifs is 3. The van der Waals surface area contributed by atoms with Crippen LogP contribution in [0.1, 0.15) is 61.3 Å². The van der Waals surface area contributed by atoms with E-state index in [0.29, 0.717) is 30.9 Å². The summed E-state index contributed by atoms with van der Waals surface area (Å²) in [7, 11) is 0. The van der Waals surface area contributed by atoms with Crippen LogP contribution in [0.5, 0.6) is 0 Å². The van der Waals surface area contributed by atoms with Crippen molar-refractivity contribution in [3.8, 4) is 0 Å². The largest absolute Gasteiger partial charge is 0.481 e. The number of likely N-dealkylation sites (tertiary alicyclic amines) is 1. The molecule has 1 heterocycles. The maximum Gasteiger partial charge on any atom is 0.426 e. The minimum atomic E-state index is -5.13. The molecule has 3 unspecified atom stereocenters. The van der Waals surface area contributed by atoms with Gasteiger partial charge in [-0.25, -0.2) is 13.2 Å². The van der Waals surface area contributed by atoms with Crippen LogP contribution < -0.4 is 0 Å². The predicted molar refractivity (Wildman–Crippen MR) is 130 cm³/mol. The molecule has 1 N–H and O–H groups in total. The number of rotatable bonds is 5. The molecule has 210 valence electrons. The van der Waals surface area contributed by atoms with E-state index in [4.69, 9.17) is 0 Å². The Morgan fingerprint density at radius 1 is 1.03 bits per heavy atom. The molecule has 2 aromatic rings. The molecular formula is C29H29F6NO3. The van der Waals surface area contributed by atoms with Crippen LogP contribution in [0.3, 0.4) is 0 Å². The number of carbonyl (C=O) groups excluding carboxylic acids is 1. The average Bonchev–Trinajstić information content (AvgIpc) is 3.37. The fourth-order valence-corrected chi connectivity index (χ4v) is 6.78. The number of hydrogen-bond donors (Lipinski definition) is 1. The third kappa shape index (κ3) is 4.49. The SMILES string of the molecule is CC(F)(c1ccc2c(c1)CC1N(C(=O)C3(F)CCC(C(=O)O)CC3)CCC21Cc1ccc(F)cc1)C(F)(F)F. The maximum atomic E-state index is 16.0. The van der Waals surface area contributed by atoms with E-state index in [1.54, 1.807) is 12.1 Å². The number of halogens is 6. The summed E-state index contributed by atoms with van der Waals surface area (Å²) in [5, 5.41) is 9.26. The van der Waals surface area contributed by atoms with Crippen molar-refractivity contribution in [3.05, 3.63) is 70.5 Å². The van der Waals surface area contributed by atoms with Gasteiger partial charge in [0.1, 0.15) is 5.82 Å². The molecule has 2 aliphatic carbocycles. The molecule has 10 heteroatoms. The summed E-state index contributed by atoms with van der Waals surface area (Å²) in [4.78, 5) is 26.4. The van der Waals surface area contributed by atoms with Crippen LogP contribution in [-0.2, 0) is 33.5 Å². The number of carboxylic acid groups (broad SMARTS) is 1. The van der Waals surface area contributed by atoms with E-state index in [9.17, 15) is 36.6 Å². The summed E-state index contributed by atoms with van der Waals surface area (Å²) in [6.07, 6.45) is -4.65. The van der Waals surface area contributed by atoms with E-state index in [-0.39, 0.29) is 38.6 Å². The van der Waals surface area contributed by atoms with Gasteiger partial charge in [-0.1, -0.05) is 30.3 Å². The van der Waals surface area contributed by atoms with Crippen LogP contribution in [0.25, 0.3) is 0 Å². The van der Waals surface area contributed by atoms with Crippen molar-refractivity contribution in [2.75, 3.05) is 6.54 Å². The highest BCUT2D eigenvalue weighted by Gasteiger charge is 2.59. The average molecular weight is 554 g/mol. The van der Waals surface area contributed by atoms with Gasteiger partial charge in [-0.3, -0.25) is 9.59 Å². The summed E-state index contributed by atoms with van der Waals surface area (Å²) >= 11 is 0. The minimum Gasteiger partial charge on any atom is -0.481 e. The molecule has 0 bridgehead atoms. The van der Waals surface area contributed by atoms with Crippen LogP contribution >= 0.6 is 0 Å². The first-order valence-electron chi connectivity index (χ1n) is 13.0. The molecule has 5 rings (SSSR count). The molecule has 1 aliphatic heterocycles. The van der Waals surface area contributed by atoms with Crippen molar-refractivity contribution < 1.29 is 41.0 Å². The van der Waals surface area contributed by atoms with Gasteiger partial charge in [0.05, 0.1) is 5.92 Å². The van der Waals surface area contributed by atoms with Crippen LogP contribution in [0, 0.1) is 11.7 Å². The lowest BCUT2D eigenvalue weighted by atomic mass is 9.73. The Balaban J connectivity index is 1.51. The highest BCUT2D eigenvalue weighted by molar-refractivity contribution is 5.87. The first kappa shape index (κ1) is 27.5. The van der Waals surface area contributed by atoms with E-state index in [0.717, 1.165) is 11.6 Å². The van der Waals surface area contributed by atoms with Crippen molar-refractivity contribution in [2.45, 2.75) is 80.8 Å². The molecule has 0 aromatic heterocycles. The predicted octanol–water partition coefficient (Wildman–Crippen LogP) is 6.19. The van der Waals surface area contributed by atoms with E-state index in [1.165, 1.54) is 29.2 Å². The van der Waals surface area contributed by atoms with E-state index < -0.39 is 58.1 Å². The number of aliphatic carboxylic acids is 1. The molecule has 39 heavy (non-hydrogen) atoms. The summed E-state index contributed by atoms with van der Waals surface area (Å²) < 4.78 is 84.8. The molecule has 1 amide bonds. The molecule has 1 saturated heterocycles. The summed E-state index contributed by atoms with van der Waals surface area (Å²) in [6, 6.07) is 9.00. The van der Waals surface area contributed by atoms with Crippen LogP contribution in [-0.4, -0.2) is 46.3 Å². The van der Waals surface area contributed by atoms with Gasteiger partial charge in [0.2, 0.25) is 5.67 Å². The molecule has 0 radical (unpaired) electrons. The Morgan fingerprint density at radius 2 is 1.67 bits per heavy atom. The van der Waals surface area contributed by atoms with Gasteiger partial charge in [0.15, 0.2) is 5.67 Å². The molecule has 4 nitrogen and oxygen atoms in total. The third-order valence-electron chi connectivity index (χ3n) is 9.15. The fourth-order valence-electron chi connectivity index (χ4n) is 6.78. The number of nitrogens with zero attached hydrogens (tertiary/aromatic N) is 1. The Hall–Kier alpha value is -3.04. The molecular weight excluding hydrogens is 524 g/mol. The highest BCUT2D eigenvalue weighted by atomic mass is 19.4. The van der Waals surface area contributed by atoms with E-state index in [1.807, 2.05) is 0 Å². The van der Waals surface area contributed by atoms with Gasteiger partial charge < -0.3 is 10.0 Å². The number of carbonyl (C=O) groups is 2. The minimum absolute atomic E-state index is 0.0346. The Kier molecular flexibility index (Phi) is 6.54. The Bertz CT molecular complexity index is 1280. The first-order valence-corrected chi connectivity index (χ1v) is 13.0. The van der Waals surface area contributed by atoms with Crippen molar-refractivity contribution in [1.82, 2.24) is 4.90 Å². The summed E-state index contributed by atoms with van der Waals surface area (Å²) in [5.41, 5.74) is -5.24.